The molecule has 9 heteroatoms. The van der Waals surface area contributed by atoms with Crippen LogP contribution in [0, 0.1) is 0 Å². The fourth-order valence-corrected chi connectivity index (χ4v) is 4.63. The number of nitrogens with one attached hydrogen (secondary N) is 2. The molecule has 200 valence electrons. The summed E-state index contributed by atoms with van der Waals surface area (Å²) in [7, 11) is 0. The highest BCUT2D eigenvalue weighted by atomic mass is 16.3. The fourth-order valence-electron chi connectivity index (χ4n) is 4.63. The van der Waals surface area contributed by atoms with E-state index in [1.54, 1.807) is 13.8 Å². The molecule has 0 radical (unpaired) electrons. The van der Waals surface area contributed by atoms with Crippen LogP contribution in [0.5, 0.6) is 0 Å². The van der Waals surface area contributed by atoms with Crippen molar-refractivity contribution in [3.8, 4) is 22.5 Å². The molecule has 0 aliphatic carbocycles. The molecule has 0 unspecified atom stereocenters. The third kappa shape index (κ3) is 5.73. The van der Waals surface area contributed by atoms with Crippen molar-refractivity contribution in [2.75, 3.05) is 6.61 Å². The summed E-state index contributed by atoms with van der Waals surface area (Å²) in [4.78, 5) is 17.7. The zero-order chi connectivity index (χ0) is 27.4. The van der Waals surface area contributed by atoms with Crippen molar-refractivity contribution in [3.05, 3.63) is 83.7 Å². The summed E-state index contributed by atoms with van der Waals surface area (Å²) in [5.74, 6) is 1.41. The lowest BCUT2D eigenvalue weighted by Gasteiger charge is -2.23. The van der Waals surface area contributed by atoms with E-state index < -0.39 is 5.54 Å². The second-order valence-electron chi connectivity index (χ2n) is 10.4. The number of aromatic nitrogens is 6. The van der Waals surface area contributed by atoms with E-state index >= 15 is 0 Å². The van der Waals surface area contributed by atoms with Crippen LogP contribution in [0.3, 0.4) is 0 Å². The minimum Gasteiger partial charge on any atom is -0.394 e. The van der Waals surface area contributed by atoms with Gasteiger partial charge < -0.3 is 15.0 Å². The van der Waals surface area contributed by atoms with Gasteiger partial charge in [-0.05, 0) is 65.6 Å². The van der Waals surface area contributed by atoms with Gasteiger partial charge in [0.05, 0.1) is 23.2 Å². The number of carbonyl (C=O) groups is 1. The van der Waals surface area contributed by atoms with Crippen LogP contribution >= 0.6 is 0 Å². The number of fused-ring (bicyclic) bond motifs is 1. The van der Waals surface area contributed by atoms with Gasteiger partial charge in [0.2, 0.25) is 0 Å². The average Bonchev–Trinajstić information content (AvgIpc) is 3.60. The molecule has 0 bridgehead atoms. The molecule has 0 saturated carbocycles. The molecular weight excluding hydrogens is 490 g/mol. The predicted molar refractivity (Wildman–Crippen MR) is 151 cm³/mol. The van der Waals surface area contributed by atoms with Crippen molar-refractivity contribution < 1.29 is 9.90 Å². The number of imidazole rings is 1. The lowest BCUT2D eigenvalue weighted by atomic mass is 9.98. The normalized spacial score (nSPS) is 11.7. The van der Waals surface area contributed by atoms with Crippen LogP contribution in [0.1, 0.15) is 55.4 Å². The van der Waals surface area contributed by atoms with Crippen molar-refractivity contribution in [2.45, 2.75) is 52.1 Å². The van der Waals surface area contributed by atoms with Crippen LogP contribution in [-0.4, -0.2) is 53.3 Å². The van der Waals surface area contributed by atoms with Crippen LogP contribution in [-0.2, 0) is 13.0 Å². The number of aromatic amines is 1. The van der Waals surface area contributed by atoms with Crippen LogP contribution in [0.2, 0.25) is 0 Å². The smallest absolute Gasteiger partial charge is 0.251 e. The molecule has 5 rings (SSSR count). The van der Waals surface area contributed by atoms with E-state index in [4.69, 9.17) is 4.98 Å². The first kappa shape index (κ1) is 26.2. The molecule has 2 heterocycles. The number of tetrazole rings is 1. The van der Waals surface area contributed by atoms with Gasteiger partial charge in [-0.3, -0.25) is 4.79 Å². The largest absolute Gasteiger partial charge is 0.394 e. The molecule has 2 aromatic heterocycles. The summed E-state index contributed by atoms with van der Waals surface area (Å²) in [6.45, 7) is 6.28. The highest BCUT2D eigenvalue weighted by Gasteiger charge is 2.21. The number of hydrogen-bond donors (Lipinski definition) is 3. The Kier molecular flexibility index (Phi) is 7.51. The van der Waals surface area contributed by atoms with Gasteiger partial charge in [0.1, 0.15) is 5.82 Å². The number of aryl methyl sites for hydroxylation is 1. The van der Waals surface area contributed by atoms with E-state index in [0.717, 1.165) is 58.4 Å². The zero-order valence-corrected chi connectivity index (χ0v) is 22.5. The van der Waals surface area contributed by atoms with Crippen LogP contribution in [0.15, 0.2) is 66.7 Å². The highest BCUT2D eigenvalue weighted by Crippen LogP contribution is 2.30. The average molecular weight is 524 g/mol. The predicted octanol–water partition coefficient (Wildman–Crippen LogP) is 4.78. The molecule has 39 heavy (non-hydrogen) atoms. The molecular formula is C30H33N7O2. The number of aliphatic hydroxyl groups is 1. The number of rotatable bonds is 10. The first-order valence-corrected chi connectivity index (χ1v) is 13.2. The lowest BCUT2D eigenvalue weighted by Crippen LogP contribution is -2.46. The molecule has 3 N–H and O–H groups in total. The van der Waals surface area contributed by atoms with E-state index in [1.807, 2.05) is 36.4 Å². The number of H-pyrrole nitrogens is 1. The van der Waals surface area contributed by atoms with Crippen LogP contribution in [0.4, 0.5) is 0 Å². The molecule has 0 aliphatic rings. The zero-order valence-electron chi connectivity index (χ0n) is 22.5. The Morgan fingerprint density at radius 3 is 2.51 bits per heavy atom. The SMILES string of the molecule is CCCCc1nc2cc(C(=O)NC(C)(C)CO)ccc2n1Cc1ccc(-c2ccccc2-c2nnn[nH]2)cc1. The number of benzene rings is 3. The highest BCUT2D eigenvalue weighted by molar-refractivity contribution is 5.97. The maximum absolute atomic E-state index is 12.8. The summed E-state index contributed by atoms with van der Waals surface area (Å²) < 4.78 is 2.24. The molecule has 0 saturated heterocycles. The summed E-state index contributed by atoms with van der Waals surface area (Å²) >= 11 is 0. The van der Waals surface area contributed by atoms with Gasteiger partial charge in [-0.15, -0.1) is 5.10 Å². The summed E-state index contributed by atoms with van der Waals surface area (Å²) in [5.41, 5.74) is 5.84. The van der Waals surface area contributed by atoms with Gasteiger partial charge in [0.15, 0.2) is 5.82 Å². The second-order valence-corrected chi connectivity index (χ2v) is 10.4. The topological polar surface area (TPSA) is 122 Å². The van der Waals surface area contributed by atoms with Gasteiger partial charge in [0, 0.05) is 24.1 Å². The first-order valence-electron chi connectivity index (χ1n) is 13.2. The van der Waals surface area contributed by atoms with E-state index in [2.05, 4.69) is 67.8 Å². The number of carbonyl (C=O) groups excluding carboxylic acids is 1. The quantitative estimate of drug-likeness (QED) is 0.242. The number of unbranched alkanes of at least 4 members (excludes halogenated alkanes) is 1. The third-order valence-corrected chi connectivity index (χ3v) is 6.82. The number of aliphatic hydroxyl groups excluding tert-OH is 1. The summed E-state index contributed by atoms with van der Waals surface area (Å²) in [5, 5.41) is 26.8. The molecule has 1 amide bonds. The Balaban J connectivity index is 1.44. The molecule has 0 spiro atoms. The van der Waals surface area contributed by atoms with E-state index in [9.17, 15) is 9.90 Å². The van der Waals surface area contributed by atoms with Crippen molar-refractivity contribution in [1.82, 2.24) is 35.5 Å². The van der Waals surface area contributed by atoms with Gasteiger partial charge in [-0.25, -0.2) is 10.1 Å². The third-order valence-electron chi connectivity index (χ3n) is 6.82. The standard InChI is InChI=1S/C30H33N7O2/c1-4-5-10-27-31-25-17-22(29(39)32-30(2,3)19-38)15-16-26(25)37(27)18-20-11-13-21(14-12-20)23-8-6-7-9-24(23)28-33-35-36-34-28/h6-9,11-17,38H,4-5,10,18-19H2,1-3H3,(H,32,39)(H,33,34,35,36). The Morgan fingerprint density at radius 1 is 1.05 bits per heavy atom. The van der Waals surface area contributed by atoms with Crippen molar-refractivity contribution in [3.63, 3.8) is 0 Å². The Morgan fingerprint density at radius 2 is 1.82 bits per heavy atom. The van der Waals surface area contributed by atoms with Crippen LogP contribution in [0.25, 0.3) is 33.5 Å². The molecule has 9 nitrogen and oxygen atoms in total. The number of hydrogen-bond acceptors (Lipinski definition) is 6. The molecule has 3 aromatic carbocycles. The maximum Gasteiger partial charge on any atom is 0.251 e. The Hall–Kier alpha value is -4.37. The Bertz CT molecular complexity index is 1570. The van der Waals surface area contributed by atoms with Gasteiger partial charge in [0.25, 0.3) is 5.91 Å². The van der Waals surface area contributed by atoms with E-state index in [-0.39, 0.29) is 12.5 Å². The van der Waals surface area contributed by atoms with Gasteiger partial charge >= 0.3 is 0 Å². The van der Waals surface area contributed by atoms with Crippen molar-refractivity contribution in [2.24, 2.45) is 0 Å². The van der Waals surface area contributed by atoms with Crippen molar-refractivity contribution in [1.29, 1.82) is 0 Å². The summed E-state index contributed by atoms with van der Waals surface area (Å²) in [6, 6.07) is 22.2. The monoisotopic (exact) mass is 523 g/mol. The second kappa shape index (κ2) is 11.2. The van der Waals surface area contributed by atoms with Gasteiger partial charge in [-0.1, -0.05) is 61.9 Å². The summed E-state index contributed by atoms with van der Waals surface area (Å²) in [6.07, 6.45) is 2.97. The molecule has 0 fully saturated rings. The van der Waals surface area contributed by atoms with Crippen molar-refractivity contribution >= 4 is 16.9 Å². The van der Waals surface area contributed by atoms with E-state index in [1.165, 1.54) is 0 Å². The lowest BCUT2D eigenvalue weighted by molar-refractivity contribution is 0.0869. The van der Waals surface area contributed by atoms with Gasteiger partial charge in [-0.2, -0.15) is 0 Å². The minimum atomic E-state index is -0.698. The molecule has 5 aromatic rings. The fraction of sp³-hybridized carbons (Fsp3) is 0.300. The Labute approximate surface area is 227 Å². The first-order chi connectivity index (χ1) is 18.9. The molecule has 0 atom stereocenters. The van der Waals surface area contributed by atoms with Crippen LogP contribution < -0.4 is 5.32 Å². The molecule has 0 aliphatic heterocycles. The number of amides is 1. The maximum atomic E-state index is 12.8. The number of nitrogens with zero attached hydrogens (tertiary/aromatic N) is 5. The van der Waals surface area contributed by atoms with E-state index in [0.29, 0.717) is 17.9 Å². The minimum absolute atomic E-state index is 0.140.